The van der Waals surface area contributed by atoms with E-state index in [0.29, 0.717) is 10.2 Å². The normalized spacial score (nSPS) is 11.4. The summed E-state index contributed by atoms with van der Waals surface area (Å²) in [5, 5.41) is 0. The molecule has 0 aromatic heterocycles. The van der Waals surface area contributed by atoms with E-state index in [1.165, 1.54) is 0 Å². The molecule has 1 rings (SSSR count). The molecule has 84 valence electrons. The summed E-state index contributed by atoms with van der Waals surface area (Å²) < 4.78 is 26.1. The molecule has 6 heteroatoms. The van der Waals surface area contributed by atoms with E-state index in [0.717, 1.165) is 5.56 Å². The number of hydrogen-bond acceptors (Lipinski definition) is 3. The summed E-state index contributed by atoms with van der Waals surface area (Å²) in [4.78, 5) is 0. The molecule has 1 aromatic rings. The zero-order chi connectivity index (χ0) is 11.5. The number of benzene rings is 1. The van der Waals surface area contributed by atoms with Crippen molar-refractivity contribution in [2.75, 3.05) is 17.0 Å². The van der Waals surface area contributed by atoms with Crippen molar-refractivity contribution in [3.05, 3.63) is 28.2 Å². The number of nitrogens with two attached hydrogens (primary N) is 1. The Morgan fingerprint density at radius 2 is 2.13 bits per heavy atom. The molecule has 3 N–H and O–H groups in total. The predicted octanol–water partition coefficient (Wildman–Crippen LogP) is 1.46. The van der Waals surface area contributed by atoms with Gasteiger partial charge in [0.2, 0.25) is 10.0 Å². The van der Waals surface area contributed by atoms with Gasteiger partial charge in [0.15, 0.2) is 0 Å². The average molecular weight is 293 g/mol. The van der Waals surface area contributed by atoms with Crippen molar-refractivity contribution < 1.29 is 8.42 Å². The fourth-order valence-electron chi connectivity index (χ4n) is 1.09. The Morgan fingerprint density at radius 3 is 2.73 bits per heavy atom. The number of anilines is 1. The minimum absolute atomic E-state index is 0.0760. The molecular weight excluding hydrogens is 280 g/mol. The number of rotatable bonds is 4. The highest BCUT2D eigenvalue weighted by molar-refractivity contribution is 9.10. The lowest BCUT2D eigenvalue weighted by molar-refractivity contribution is 0.601. The number of halogens is 1. The Morgan fingerprint density at radius 1 is 1.47 bits per heavy atom. The van der Waals surface area contributed by atoms with Gasteiger partial charge in [0.05, 0.1) is 11.4 Å². The first-order chi connectivity index (χ1) is 6.94. The SMILES string of the molecule is Cc1ccc(Br)c(NS(=O)(=O)CCN)c1. The molecule has 0 atom stereocenters. The first-order valence-corrected chi connectivity index (χ1v) is 6.86. The van der Waals surface area contributed by atoms with Crippen LogP contribution in [0.15, 0.2) is 22.7 Å². The summed E-state index contributed by atoms with van der Waals surface area (Å²) in [6.45, 7) is 2.01. The second-order valence-electron chi connectivity index (χ2n) is 3.19. The third-order valence-corrected chi connectivity index (χ3v) is 3.77. The minimum Gasteiger partial charge on any atom is -0.329 e. The zero-order valence-electron chi connectivity index (χ0n) is 8.33. The molecule has 15 heavy (non-hydrogen) atoms. The van der Waals surface area contributed by atoms with Crippen LogP contribution in [0.4, 0.5) is 5.69 Å². The van der Waals surface area contributed by atoms with E-state index in [9.17, 15) is 8.42 Å². The molecule has 0 fully saturated rings. The molecule has 0 saturated carbocycles. The molecule has 0 spiro atoms. The average Bonchev–Trinajstić information content (AvgIpc) is 2.10. The topological polar surface area (TPSA) is 72.2 Å². The van der Waals surface area contributed by atoms with Gasteiger partial charge in [-0.3, -0.25) is 4.72 Å². The van der Waals surface area contributed by atoms with Gasteiger partial charge < -0.3 is 5.73 Å². The zero-order valence-corrected chi connectivity index (χ0v) is 10.7. The van der Waals surface area contributed by atoms with Crippen molar-refractivity contribution in [1.82, 2.24) is 0 Å². The van der Waals surface area contributed by atoms with Gasteiger partial charge in [-0.1, -0.05) is 6.07 Å². The van der Waals surface area contributed by atoms with E-state index in [-0.39, 0.29) is 12.3 Å². The Balaban J connectivity index is 2.94. The van der Waals surface area contributed by atoms with Gasteiger partial charge in [-0.2, -0.15) is 0 Å². The van der Waals surface area contributed by atoms with Crippen molar-refractivity contribution in [2.24, 2.45) is 5.73 Å². The first kappa shape index (κ1) is 12.5. The highest BCUT2D eigenvalue weighted by Gasteiger charge is 2.10. The summed E-state index contributed by atoms with van der Waals surface area (Å²) in [5.74, 6) is -0.0760. The van der Waals surface area contributed by atoms with Crippen LogP contribution in [0.5, 0.6) is 0 Å². The van der Waals surface area contributed by atoms with Crippen LogP contribution < -0.4 is 10.5 Å². The Bertz CT molecular complexity index is 445. The van der Waals surface area contributed by atoms with Gasteiger partial charge in [-0.25, -0.2) is 8.42 Å². The van der Waals surface area contributed by atoms with Gasteiger partial charge in [-0.15, -0.1) is 0 Å². The van der Waals surface area contributed by atoms with E-state index < -0.39 is 10.0 Å². The monoisotopic (exact) mass is 292 g/mol. The van der Waals surface area contributed by atoms with Gasteiger partial charge in [0.1, 0.15) is 0 Å². The van der Waals surface area contributed by atoms with E-state index in [4.69, 9.17) is 5.73 Å². The van der Waals surface area contributed by atoms with Crippen LogP contribution in [0.1, 0.15) is 5.56 Å². The maximum absolute atomic E-state index is 11.5. The number of sulfonamides is 1. The molecule has 0 aliphatic rings. The van der Waals surface area contributed by atoms with Crippen LogP contribution in [0.3, 0.4) is 0 Å². The van der Waals surface area contributed by atoms with E-state index in [2.05, 4.69) is 20.7 Å². The van der Waals surface area contributed by atoms with Gasteiger partial charge in [-0.05, 0) is 40.5 Å². The predicted molar refractivity (Wildman–Crippen MR) is 65.3 cm³/mol. The maximum Gasteiger partial charge on any atom is 0.234 e. The largest absolute Gasteiger partial charge is 0.329 e. The Labute approximate surface area is 98.0 Å². The number of hydrogen-bond donors (Lipinski definition) is 2. The highest BCUT2D eigenvalue weighted by atomic mass is 79.9. The van der Waals surface area contributed by atoms with Gasteiger partial charge >= 0.3 is 0 Å². The molecular formula is C9H13BrN2O2S. The highest BCUT2D eigenvalue weighted by Crippen LogP contribution is 2.24. The van der Waals surface area contributed by atoms with Gasteiger partial charge in [0.25, 0.3) is 0 Å². The molecule has 1 aromatic carbocycles. The Kier molecular flexibility index (Phi) is 4.12. The van der Waals surface area contributed by atoms with Crippen LogP contribution in [-0.2, 0) is 10.0 Å². The fourth-order valence-corrected chi connectivity index (χ4v) is 2.48. The lowest BCUT2D eigenvalue weighted by Gasteiger charge is -2.09. The van der Waals surface area contributed by atoms with Gasteiger partial charge in [0, 0.05) is 11.0 Å². The second kappa shape index (κ2) is 4.96. The van der Waals surface area contributed by atoms with Crippen molar-refractivity contribution in [3.8, 4) is 0 Å². The summed E-state index contributed by atoms with van der Waals surface area (Å²) >= 11 is 3.28. The summed E-state index contributed by atoms with van der Waals surface area (Å²) in [6, 6.07) is 5.46. The molecule has 0 aliphatic heterocycles. The van der Waals surface area contributed by atoms with Crippen molar-refractivity contribution in [3.63, 3.8) is 0 Å². The third-order valence-electron chi connectivity index (χ3n) is 1.77. The molecule has 0 bridgehead atoms. The quantitative estimate of drug-likeness (QED) is 0.882. The lowest BCUT2D eigenvalue weighted by Crippen LogP contribution is -2.22. The molecule has 0 amide bonds. The first-order valence-electron chi connectivity index (χ1n) is 4.41. The van der Waals surface area contributed by atoms with Crippen LogP contribution in [-0.4, -0.2) is 20.7 Å². The number of nitrogens with one attached hydrogen (secondary N) is 1. The summed E-state index contributed by atoms with van der Waals surface area (Å²) in [6.07, 6.45) is 0. The molecule has 0 saturated heterocycles. The van der Waals surface area contributed by atoms with E-state index in [1.54, 1.807) is 12.1 Å². The maximum atomic E-state index is 11.5. The van der Waals surface area contributed by atoms with Crippen molar-refractivity contribution >= 4 is 31.6 Å². The number of aryl methyl sites for hydroxylation is 1. The molecule has 0 unspecified atom stereocenters. The molecule has 0 radical (unpaired) electrons. The lowest BCUT2D eigenvalue weighted by atomic mass is 10.2. The van der Waals surface area contributed by atoms with E-state index >= 15 is 0 Å². The van der Waals surface area contributed by atoms with Crippen molar-refractivity contribution in [1.29, 1.82) is 0 Å². The minimum atomic E-state index is -3.33. The molecule has 0 heterocycles. The fraction of sp³-hybridized carbons (Fsp3) is 0.333. The second-order valence-corrected chi connectivity index (χ2v) is 5.89. The van der Waals surface area contributed by atoms with Crippen LogP contribution in [0.25, 0.3) is 0 Å². The molecule has 0 aliphatic carbocycles. The Hall–Kier alpha value is -0.590. The van der Waals surface area contributed by atoms with Crippen LogP contribution in [0.2, 0.25) is 0 Å². The van der Waals surface area contributed by atoms with Crippen LogP contribution in [0, 0.1) is 6.92 Å². The summed E-state index contributed by atoms with van der Waals surface area (Å²) in [5.41, 5.74) is 6.74. The third kappa shape index (κ3) is 3.81. The molecule has 4 nitrogen and oxygen atoms in total. The van der Waals surface area contributed by atoms with Crippen molar-refractivity contribution in [2.45, 2.75) is 6.92 Å². The van der Waals surface area contributed by atoms with E-state index in [1.807, 2.05) is 13.0 Å². The smallest absolute Gasteiger partial charge is 0.234 e. The standard InChI is InChI=1S/C9H13BrN2O2S/c1-7-2-3-8(10)9(6-7)12-15(13,14)5-4-11/h2-3,6,12H,4-5,11H2,1H3. The summed E-state index contributed by atoms with van der Waals surface area (Å²) in [7, 11) is -3.33. The van der Waals surface area contributed by atoms with Crippen LogP contribution >= 0.6 is 15.9 Å².